The maximum atomic E-state index is 11.9. The van der Waals surface area contributed by atoms with Gasteiger partial charge in [-0.3, -0.25) is 4.79 Å². The fourth-order valence-corrected chi connectivity index (χ4v) is 2.70. The number of piperidine rings is 1. The van der Waals surface area contributed by atoms with Gasteiger partial charge in [-0.15, -0.1) is 0 Å². The van der Waals surface area contributed by atoms with Gasteiger partial charge in [0, 0.05) is 16.6 Å². The average Bonchev–Trinajstić information content (AvgIpc) is 2.42. The molecule has 4 heteroatoms. The van der Waals surface area contributed by atoms with Gasteiger partial charge in [-0.2, -0.15) is 0 Å². The summed E-state index contributed by atoms with van der Waals surface area (Å²) < 4.78 is 1.07. The van der Waals surface area contributed by atoms with Gasteiger partial charge < -0.3 is 10.6 Å². The van der Waals surface area contributed by atoms with Crippen LogP contribution in [0.2, 0.25) is 0 Å². The number of carbonyl (C=O) groups excluding carboxylic acids is 1. The molecule has 0 spiro atoms. The van der Waals surface area contributed by atoms with E-state index in [0.717, 1.165) is 35.2 Å². The summed E-state index contributed by atoms with van der Waals surface area (Å²) in [6.45, 7) is 4.21. The quantitative estimate of drug-likeness (QED) is 0.890. The van der Waals surface area contributed by atoms with Gasteiger partial charge in [0.1, 0.15) is 0 Å². The predicted octanol–water partition coefficient (Wildman–Crippen LogP) is 3.48. The molecular weight excluding hydrogens is 304 g/mol. The fraction of sp³-hybridized carbons (Fsp3) is 0.533. The van der Waals surface area contributed by atoms with E-state index in [1.165, 1.54) is 12.8 Å². The minimum atomic E-state index is 0.125. The molecule has 0 aliphatic carbocycles. The van der Waals surface area contributed by atoms with Gasteiger partial charge in [0.15, 0.2) is 0 Å². The van der Waals surface area contributed by atoms with Crippen LogP contribution in [0.3, 0.4) is 0 Å². The van der Waals surface area contributed by atoms with E-state index < -0.39 is 0 Å². The molecule has 0 aromatic heterocycles. The Morgan fingerprint density at radius 2 is 2.16 bits per heavy atom. The largest absolute Gasteiger partial charge is 0.326 e. The summed E-state index contributed by atoms with van der Waals surface area (Å²) in [7, 11) is 0. The van der Waals surface area contributed by atoms with Gasteiger partial charge in [-0.1, -0.05) is 15.9 Å². The molecule has 0 unspecified atom stereocenters. The van der Waals surface area contributed by atoms with Crippen LogP contribution in [0.4, 0.5) is 5.69 Å². The predicted molar refractivity (Wildman–Crippen MR) is 82.3 cm³/mol. The van der Waals surface area contributed by atoms with Crippen LogP contribution >= 0.6 is 15.9 Å². The Hall–Kier alpha value is -0.870. The van der Waals surface area contributed by atoms with Crippen LogP contribution in [0.15, 0.2) is 22.7 Å². The van der Waals surface area contributed by atoms with Crippen LogP contribution in [-0.4, -0.2) is 19.0 Å². The summed E-state index contributed by atoms with van der Waals surface area (Å²) in [5.74, 6) is 0.832. The van der Waals surface area contributed by atoms with Crippen molar-refractivity contribution in [1.29, 1.82) is 0 Å². The third-order valence-electron chi connectivity index (χ3n) is 3.68. The zero-order chi connectivity index (χ0) is 13.7. The molecule has 0 bridgehead atoms. The highest BCUT2D eigenvalue weighted by Gasteiger charge is 2.14. The highest BCUT2D eigenvalue weighted by molar-refractivity contribution is 9.10. The molecule has 1 aliphatic rings. The van der Waals surface area contributed by atoms with Gasteiger partial charge in [0.05, 0.1) is 0 Å². The molecule has 1 heterocycles. The van der Waals surface area contributed by atoms with Crippen LogP contribution in [-0.2, 0) is 4.79 Å². The highest BCUT2D eigenvalue weighted by atomic mass is 79.9. The van der Waals surface area contributed by atoms with E-state index in [4.69, 9.17) is 0 Å². The van der Waals surface area contributed by atoms with E-state index in [0.29, 0.717) is 12.3 Å². The number of halogens is 1. The number of hydrogen-bond donors (Lipinski definition) is 2. The van der Waals surface area contributed by atoms with Gasteiger partial charge >= 0.3 is 0 Å². The number of amides is 1. The van der Waals surface area contributed by atoms with Gasteiger partial charge in [-0.05, 0) is 69.0 Å². The molecule has 2 rings (SSSR count). The first-order valence-corrected chi connectivity index (χ1v) is 7.71. The summed E-state index contributed by atoms with van der Waals surface area (Å²) in [6, 6.07) is 5.89. The second-order valence-corrected chi connectivity index (χ2v) is 6.10. The molecule has 1 fully saturated rings. The molecule has 1 aromatic rings. The number of carbonyl (C=O) groups is 1. The van der Waals surface area contributed by atoms with Crippen molar-refractivity contribution in [3.8, 4) is 0 Å². The molecule has 1 aromatic carbocycles. The Kier molecular flexibility index (Phi) is 5.40. The second-order valence-electron chi connectivity index (χ2n) is 5.24. The van der Waals surface area contributed by atoms with Crippen molar-refractivity contribution >= 4 is 27.5 Å². The van der Waals surface area contributed by atoms with Gasteiger partial charge in [0.2, 0.25) is 5.91 Å². The minimum Gasteiger partial charge on any atom is -0.326 e. The number of aryl methyl sites for hydroxylation is 1. The summed E-state index contributed by atoms with van der Waals surface area (Å²) in [5, 5.41) is 6.32. The molecule has 1 aliphatic heterocycles. The highest BCUT2D eigenvalue weighted by Crippen LogP contribution is 2.21. The van der Waals surface area contributed by atoms with E-state index in [2.05, 4.69) is 26.6 Å². The molecule has 1 amide bonds. The SMILES string of the molecule is Cc1cc(NC(=O)CCC2CCNCC2)ccc1Br. The molecule has 0 atom stereocenters. The van der Waals surface area contributed by atoms with Crippen molar-refractivity contribution in [2.24, 2.45) is 5.92 Å². The lowest BCUT2D eigenvalue weighted by Crippen LogP contribution is -2.28. The first-order chi connectivity index (χ1) is 9.15. The Balaban J connectivity index is 1.78. The number of hydrogen-bond acceptors (Lipinski definition) is 2. The van der Waals surface area contributed by atoms with Gasteiger partial charge in [0.25, 0.3) is 0 Å². The smallest absolute Gasteiger partial charge is 0.224 e. The van der Waals surface area contributed by atoms with Gasteiger partial charge in [-0.25, -0.2) is 0 Å². The van der Waals surface area contributed by atoms with E-state index in [1.807, 2.05) is 25.1 Å². The average molecular weight is 325 g/mol. The third-order valence-corrected chi connectivity index (χ3v) is 4.57. The first kappa shape index (κ1) is 14.5. The Bertz CT molecular complexity index is 442. The van der Waals surface area contributed by atoms with E-state index in [9.17, 15) is 4.79 Å². The van der Waals surface area contributed by atoms with Crippen molar-refractivity contribution in [3.05, 3.63) is 28.2 Å². The Morgan fingerprint density at radius 3 is 2.84 bits per heavy atom. The second kappa shape index (κ2) is 7.06. The first-order valence-electron chi connectivity index (χ1n) is 6.92. The summed E-state index contributed by atoms with van der Waals surface area (Å²) in [6.07, 6.45) is 4.03. The van der Waals surface area contributed by atoms with Crippen LogP contribution in [0.5, 0.6) is 0 Å². The molecule has 2 N–H and O–H groups in total. The zero-order valence-electron chi connectivity index (χ0n) is 11.3. The number of rotatable bonds is 4. The van der Waals surface area contributed by atoms with Crippen LogP contribution in [0, 0.1) is 12.8 Å². The molecule has 1 saturated heterocycles. The zero-order valence-corrected chi connectivity index (χ0v) is 12.9. The van der Waals surface area contributed by atoms with Crippen LogP contribution < -0.4 is 10.6 Å². The normalized spacial score (nSPS) is 16.3. The summed E-state index contributed by atoms with van der Waals surface area (Å²) in [4.78, 5) is 11.9. The van der Waals surface area contributed by atoms with Crippen molar-refractivity contribution < 1.29 is 4.79 Å². The van der Waals surface area contributed by atoms with E-state index >= 15 is 0 Å². The number of nitrogens with one attached hydrogen (secondary N) is 2. The molecule has 0 radical (unpaired) electrons. The molecule has 104 valence electrons. The molecule has 3 nitrogen and oxygen atoms in total. The van der Waals surface area contributed by atoms with Crippen molar-refractivity contribution in [2.75, 3.05) is 18.4 Å². The van der Waals surface area contributed by atoms with Crippen LogP contribution in [0.1, 0.15) is 31.2 Å². The Labute approximate surface area is 123 Å². The van der Waals surface area contributed by atoms with E-state index in [1.54, 1.807) is 0 Å². The van der Waals surface area contributed by atoms with Crippen molar-refractivity contribution in [3.63, 3.8) is 0 Å². The van der Waals surface area contributed by atoms with Crippen LogP contribution in [0.25, 0.3) is 0 Å². The molecule has 19 heavy (non-hydrogen) atoms. The van der Waals surface area contributed by atoms with Crippen molar-refractivity contribution in [2.45, 2.75) is 32.6 Å². The topological polar surface area (TPSA) is 41.1 Å². The lowest BCUT2D eigenvalue weighted by Gasteiger charge is -2.22. The number of benzene rings is 1. The maximum absolute atomic E-state index is 11.9. The lowest BCUT2D eigenvalue weighted by molar-refractivity contribution is -0.116. The monoisotopic (exact) mass is 324 g/mol. The fourth-order valence-electron chi connectivity index (χ4n) is 2.45. The van der Waals surface area contributed by atoms with Crippen molar-refractivity contribution in [1.82, 2.24) is 5.32 Å². The molecule has 0 saturated carbocycles. The van der Waals surface area contributed by atoms with E-state index in [-0.39, 0.29) is 5.91 Å². The summed E-state index contributed by atoms with van der Waals surface area (Å²) in [5.41, 5.74) is 2.02. The maximum Gasteiger partial charge on any atom is 0.224 e. The summed E-state index contributed by atoms with van der Waals surface area (Å²) >= 11 is 3.46. The Morgan fingerprint density at radius 1 is 1.42 bits per heavy atom. The minimum absolute atomic E-state index is 0.125. The molecular formula is C15H21BrN2O. The standard InChI is InChI=1S/C15H21BrN2O/c1-11-10-13(3-4-14(11)16)18-15(19)5-2-12-6-8-17-9-7-12/h3-4,10,12,17H,2,5-9H2,1H3,(H,18,19). The lowest BCUT2D eigenvalue weighted by atomic mass is 9.93. The number of anilines is 1. The third kappa shape index (κ3) is 4.62.